The molecule has 0 radical (unpaired) electrons. The van der Waals surface area contributed by atoms with Gasteiger partial charge in [-0.2, -0.15) is 0 Å². The van der Waals surface area contributed by atoms with E-state index in [1.165, 1.54) is 0 Å². The maximum atomic E-state index is 10.2. The van der Waals surface area contributed by atoms with Crippen LogP contribution in [0, 0.1) is 5.92 Å². The van der Waals surface area contributed by atoms with Gasteiger partial charge in [-0.3, -0.25) is 4.90 Å². The van der Waals surface area contributed by atoms with Crippen molar-refractivity contribution in [1.82, 2.24) is 4.90 Å². The predicted molar refractivity (Wildman–Crippen MR) is 101 cm³/mol. The molecule has 0 saturated heterocycles. The second kappa shape index (κ2) is 11.9. The van der Waals surface area contributed by atoms with Crippen LogP contribution in [0.5, 0.6) is 11.5 Å². The maximum absolute atomic E-state index is 10.2. The summed E-state index contributed by atoms with van der Waals surface area (Å²) in [5.74, 6) is 2.05. The zero-order chi connectivity index (χ0) is 18.7. The van der Waals surface area contributed by atoms with E-state index < -0.39 is 6.10 Å². The number of aliphatic hydroxyl groups excluding tert-OH is 1. The zero-order valence-electron chi connectivity index (χ0n) is 16.0. The molecule has 1 N–H and O–H groups in total. The molecule has 0 aliphatic heterocycles. The third-order valence-electron chi connectivity index (χ3n) is 3.89. The lowest BCUT2D eigenvalue weighted by molar-refractivity contribution is 0.0237. The minimum absolute atomic E-state index is 0.316. The van der Waals surface area contributed by atoms with E-state index in [9.17, 15) is 5.11 Å². The molecular formula is C20H33NO4. The molecule has 0 aliphatic rings. The molecule has 0 amide bonds. The lowest BCUT2D eigenvalue weighted by Gasteiger charge is -2.26. The summed E-state index contributed by atoms with van der Waals surface area (Å²) >= 11 is 0. The van der Waals surface area contributed by atoms with Gasteiger partial charge in [0.15, 0.2) is 11.5 Å². The van der Waals surface area contributed by atoms with Crippen molar-refractivity contribution in [1.29, 1.82) is 0 Å². The Bertz CT molecular complexity index is 504. The number of methoxy groups -OCH3 is 2. The fraction of sp³-hybridized carbons (Fsp3) is 0.600. The number of hydrogen-bond acceptors (Lipinski definition) is 5. The largest absolute Gasteiger partial charge is 0.493 e. The van der Waals surface area contributed by atoms with Crippen LogP contribution >= 0.6 is 0 Å². The molecule has 0 fully saturated rings. The van der Waals surface area contributed by atoms with E-state index in [-0.39, 0.29) is 0 Å². The van der Waals surface area contributed by atoms with E-state index in [0.29, 0.717) is 25.7 Å². The van der Waals surface area contributed by atoms with Crippen LogP contribution in [0.4, 0.5) is 0 Å². The van der Waals surface area contributed by atoms with Crippen molar-refractivity contribution in [3.8, 4) is 11.5 Å². The van der Waals surface area contributed by atoms with Crippen LogP contribution in [0.1, 0.15) is 25.8 Å². The first kappa shape index (κ1) is 21.5. The Balaban J connectivity index is 2.73. The second-order valence-electron chi connectivity index (χ2n) is 6.59. The summed E-state index contributed by atoms with van der Waals surface area (Å²) < 4.78 is 16.0. The first-order valence-electron chi connectivity index (χ1n) is 8.80. The van der Waals surface area contributed by atoms with Gasteiger partial charge >= 0.3 is 0 Å². The van der Waals surface area contributed by atoms with Gasteiger partial charge < -0.3 is 19.3 Å². The number of ether oxygens (including phenoxy) is 3. The maximum Gasteiger partial charge on any atom is 0.161 e. The van der Waals surface area contributed by atoms with Crippen LogP contribution in [0.15, 0.2) is 30.9 Å². The first-order valence-corrected chi connectivity index (χ1v) is 8.80. The van der Waals surface area contributed by atoms with Gasteiger partial charge in [0.05, 0.1) is 33.5 Å². The number of benzene rings is 1. The van der Waals surface area contributed by atoms with Crippen LogP contribution in [0.3, 0.4) is 0 Å². The summed E-state index contributed by atoms with van der Waals surface area (Å²) in [5, 5.41) is 10.2. The number of rotatable bonds is 13. The summed E-state index contributed by atoms with van der Waals surface area (Å²) in [6.07, 6.45) is 2.24. The fourth-order valence-electron chi connectivity index (χ4n) is 2.55. The normalized spacial score (nSPS) is 12.4. The van der Waals surface area contributed by atoms with Crippen molar-refractivity contribution in [2.45, 2.75) is 32.9 Å². The highest BCUT2D eigenvalue weighted by molar-refractivity contribution is 5.42. The minimum Gasteiger partial charge on any atom is -0.493 e. The molecule has 0 bridgehead atoms. The van der Waals surface area contributed by atoms with Crippen LogP contribution < -0.4 is 9.47 Å². The first-order chi connectivity index (χ1) is 12.0. The van der Waals surface area contributed by atoms with Crippen molar-refractivity contribution >= 4 is 0 Å². The molecule has 0 saturated carbocycles. The Labute approximate surface area is 152 Å². The standard InChI is InChI=1S/C20H33NO4/c1-6-11-25-15-18(22)14-21(10-9-16(2)3)13-17-7-8-19(23-4)20(12-17)24-5/h6-8,12,16,18,22H,1,9-11,13-15H2,2-5H3/t18-/m1/s1. The van der Waals surface area contributed by atoms with Crippen molar-refractivity contribution < 1.29 is 19.3 Å². The molecule has 0 unspecified atom stereocenters. The van der Waals surface area contributed by atoms with Gasteiger partial charge in [0.1, 0.15) is 0 Å². The molecule has 0 heterocycles. The number of nitrogens with zero attached hydrogens (tertiary/aromatic N) is 1. The van der Waals surface area contributed by atoms with Crippen LogP contribution in [0.25, 0.3) is 0 Å². The lowest BCUT2D eigenvalue weighted by Crippen LogP contribution is -2.35. The molecule has 1 aromatic rings. The van der Waals surface area contributed by atoms with Crippen LogP contribution in [0.2, 0.25) is 0 Å². The third-order valence-corrected chi connectivity index (χ3v) is 3.89. The molecule has 0 spiro atoms. The highest BCUT2D eigenvalue weighted by Crippen LogP contribution is 2.28. The lowest BCUT2D eigenvalue weighted by atomic mass is 10.1. The highest BCUT2D eigenvalue weighted by atomic mass is 16.5. The Morgan fingerprint density at radius 3 is 2.52 bits per heavy atom. The van der Waals surface area contributed by atoms with Gasteiger partial charge in [0, 0.05) is 13.1 Å². The van der Waals surface area contributed by atoms with E-state index in [1.54, 1.807) is 20.3 Å². The molecule has 25 heavy (non-hydrogen) atoms. The molecule has 5 nitrogen and oxygen atoms in total. The highest BCUT2D eigenvalue weighted by Gasteiger charge is 2.14. The van der Waals surface area contributed by atoms with E-state index in [2.05, 4.69) is 25.3 Å². The summed E-state index contributed by atoms with van der Waals surface area (Å²) in [6, 6.07) is 5.94. The van der Waals surface area contributed by atoms with Crippen molar-refractivity contribution in [2.75, 3.05) is 40.5 Å². The van der Waals surface area contributed by atoms with E-state index >= 15 is 0 Å². The van der Waals surface area contributed by atoms with Gasteiger partial charge in [0.2, 0.25) is 0 Å². The molecule has 1 atom stereocenters. The zero-order valence-corrected chi connectivity index (χ0v) is 16.0. The van der Waals surface area contributed by atoms with Crippen molar-refractivity contribution in [2.24, 2.45) is 5.92 Å². The van der Waals surface area contributed by atoms with Gasteiger partial charge in [-0.25, -0.2) is 0 Å². The minimum atomic E-state index is -0.521. The van der Waals surface area contributed by atoms with Gasteiger partial charge in [-0.15, -0.1) is 6.58 Å². The number of aliphatic hydroxyl groups is 1. The Morgan fingerprint density at radius 1 is 1.20 bits per heavy atom. The van der Waals surface area contributed by atoms with Gasteiger partial charge in [-0.1, -0.05) is 26.0 Å². The average Bonchev–Trinajstić information content (AvgIpc) is 2.59. The van der Waals surface area contributed by atoms with E-state index in [4.69, 9.17) is 14.2 Å². The summed E-state index contributed by atoms with van der Waals surface area (Å²) in [4.78, 5) is 2.25. The second-order valence-corrected chi connectivity index (χ2v) is 6.59. The number of hydrogen-bond donors (Lipinski definition) is 1. The van der Waals surface area contributed by atoms with E-state index in [0.717, 1.165) is 36.6 Å². The molecular weight excluding hydrogens is 318 g/mol. The monoisotopic (exact) mass is 351 g/mol. The SMILES string of the molecule is C=CCOC[C@H](O)CN(CCC(C)C)Cc1ccc(OC)c(OC)c1. The van der Waals surface area contributed by atoms with Gasteiger partial charge in [0.25, 0.3) is 0 Å². The van der Waals surface area contributed by atoms with Crippen molar-refractivity contribution in [3.63, 3.8) is 0 Å². The summed E-state index contributed by atoms with van der Waals surface area (Å²) in [7, 11) is 3.27. The smallest absolute Gasteiger partial charge is 0.161 e. The topological polar surface area (TPSA) is 51.2 Å². The molecule has 0 aliphatic carbocycles. The van der Waals surface area contributed by atoms with Crippen molar-refractivity contribution in [3.05, 3.63) is 36.4 Å². The Morgan fingerprint density at radius 2 is 1.92 bits per heavy atom. The Kier molecular flexibility index (Phi) is 10.2. The third kappa shape index (κ3) is 8.38. The summed E-state index contributed by atoms with van der Waals surface area (Å²) in [6.45, 7) is 11.0. The Hall–Kier alpha value is -1.56. The average molecular weight is 351 g/mol. The molecule has 1 rings (SSSR count). The predicted octanol–water partition coefficient (Wildman–Crippen LogP) is 3.12. The van der Waals surface area contributed by atoms with Gasteiger partial charge in [-0.05, 0) is 36.6 Å². The summed E-state index contributed by atoms with van der Waals surface area (Å²) in [5.41, 5.74) is 1.13. The van der Waals surface area contributed by atoms with Crippen LogP contribution in [-0.2, 0) is 11.3 Å². The molecule has 1 aromatic carbocycles. The molecule has 0 aromatic heterocycles. The van der Waals surface area contributed by atoms with E-state index in [1.807, 2.05) is 18.2 Å². The fourth-order valence-corrected chi connectivity index (χ4v) is 2.55. The molecule has 142 valence electrons. The van der Waals surface area contributed by atoms with Crippen LogP contribution in [-0.4, -0.2) is 56.6 Å². The quantitative estimate of drug-likeness (QED) is 0.437. The molecule has 5 heteroatoms.